The number of rotatable bonds is 12. The molecule has 0 radical (unpaired) electrons. The number of aryl methyl sites for hydroxylation is 2. The maximum absolute atomic E-state index is 2.51. The van der Waals surface area contributed by atoms with Crippen LogP contribution >= 0.6 is 22.7 Å². The first-order chi connectivity index (χ1) is 19.8. The molecule has 204 valence electrons. The molecule has 2 aromatic heterocycles. The molecule has 0 fully saturated rings. The van der Waals surface area contributed by atoms with Gasteiger partial charge >= 0.3 is 0 Å². The van der Waals surface area contributed by atoms with Crippen molar-refractivity contribution in [3.8, 4) is 0 Å². The Bertz CT molecular complexity index is 1690. The van der Waals surface area contributed by atoms with Crippen molar-refractivity contribution in [2.24, 2.45) is 0 Å². The maximum atomic E-state index is 2.51. The number of hydrogen-bond donors (Lipinski definition) is 0. The number of thiophene rings is 2. The second-order valence-corrected chi connectivity index (χ2v) is 13.8. The molecule has 0 nitrogen and oxygen atoms in total. The lowest BCUT2D eigenvalue weighted by molar-refractivity contribution is 0.667. The highest BCUT2D eigenvalue weighted by Crippen LogP contribution is 2.37. The molecule has 0 atom stereocenters. The van der Waals surface area contributed by atoms with Crippen molar-refractivity contribution < 1.29 is 0 Å². The standard InChI is InChI=1S/C38H40S2/c1-3-5-7-9-13-25-19-33(39-23-25)31-21-27-15-11-18-30-35(27)37(31)29-17-12-16-28-22-32(38(30)36(28)29)34-20-26(24-40-34)14-10-8-6-4-2/h11-12,15-20,23-24H,3-10,13-14,21-22H2,1-2H3. The Hall–Kier alpha value is -2.68. The van der Waals surface area contributed by atoms with Crippen LogP contribution in [-0.4, -0.2) is 0 Å². The van der Waals surface area contributed by atoms with E-state index in [0.29, 0.717) is 0 Å². The summed E-state index contributed by atoms with van der Waals surface area (Å²) < 4.78 is 0. The van der Waals surface area contributed by atoms with E-state index in [9.17, 15) is 0 Å². The van der Waals surface area contributed by atoms with E-state index in [1.807, 2.05) is 22.7 Å². The first-order valence-corrected chi connectivity index (χ1v) is 17.4. The molecule has 0 aliphatic heterocycles. The van der Waals surface area contributed by atoms with Gasteiger partial charge in [-0.1, -0.05) is 88.8 Å². The van der Waals surface area contributed by atoms with E-state index in [2.05, 4.69) is 73.1 Å². The molecule has 0 saturated carbocycles. The third kappa shape index (κ3) is 4.58. The lowest BCUT2D eigenvalue weighted by Gasteiger charge is -2.07. The van der Waals surface area contributed by atoms with E-state index in [4.69, 9.17) is 0 Å². The summed E-state index contributed by atoms with van der Waals surface area (Å²) >= 11 is 3.93. The van der Waals surface area contributed by atoms with Gasteiger partial charge in [-0.05, 0) is 114 Å². The van der Waals surface area contributed by atoms with E-state index in [-0.39, 0.29) is 0 Å². The minimum absolute atomic E-state index is 1.06. The van der Waals surface area contributed by atoms with Crippen molar-refractivity contribution in [2.45, 2.75) is 90.9 Å². The van der Waals surface area contributed by atoms with Gasteiger partial charge in [-0.3, -0.25) is 0 Å². The molecule has 2 heterocycles. The average molecular weight is 561 g/mol. The molecule has 2 aliphatic rings. The average Bonchev–Trinajstić information content (AvgIpc) is 3.77. The van der Waals surface area contributed by atoms with E-state index < -0.39 is 0 Å². The van der Waals surface area contributed by atoms with Gasteiger partial charge in [0.15, 0.2) is 0 Å². The summed E-state index contributed by atoms with van der Waals surface area (Å²) in [4.78, 5) is 2.97. The van der Waals surface area contributed by atoms with Crippen molar-refractivity contribution in [1.29, 1.82) is 0 Å². The van der Waals surface area contributed by atoms with Gasteiger partial charge in [-0.2, -0.15) is 0 Å². The van der Waals surface area contributed by atoms with Gasteiger partial charge in [-0.15, -0.1) is 22.7 Å². The van der Waals surface area contributed by atoms with Crippen LogP contribution in [0.25, 0.3) is 32.7 Å². The molecular weight excluding hydrogens is 521 g/mol. The van der Waals surface area contributed by atoms with E-state index in [1.54, 1.807) is 11.1 Å². The van der Waals surface area contributed by atoms with Gasteiger partial charge in [0, 0.05) is 22.6 Å². The van der Waals surface area contributed by atoms with Crippen LogP contribution in [-0.2, 0) is 25.7 Å². The zero-order valence-electron chi connectivity index (χ0n) is 24.1. The lowest BCUT2D eigenvalue weighted by Crippen LogP contribution is -2.15. The van der Waals surface area contributed by atoms with E-state index in [1.165, 1.54) is 128 Å². The zero-order chi connectivity index (χ0) is 27.1. The van der Waals surface area contributed by atoms with Crippen LogP contribution in [0.3, 0.4) is 0 Å². The van der Waals surface area contributed by atoms with Crippen LogP contribution in [0.5, 0.6) is 0 Å². The zero-order valence-corrected chi connectivity index (χ0v) is 25.7. The van der Waals surface area contributed by atoms with Crippen LogP contribution in [0.15, 0.2) is 59.3 Å². The number of hydrogen-bond acceptors (Lipinski definition) is 2. The van der Waals surface area contributed by atoms with Crippen LogP contribution in [0.2, 0.25) is 0 Å². The van der Waals surface area contributed by atoms with Gasteiger partial charge in [-0.25, -0.2) is 0 Å². The molecule has 5 aromatic rings. The second kappa shape index (κ2) is 11.3. The molecule has 0 unspecified atom stereocenters. The Kier molecular flexibility index (Phi) is 7.41. The molecule has 0 saturated heterocycles. The molecule has 3 aromatic carbocycles. The molecular formula is C38H40S2. The minimum Gasteiger partial charge on any atom is -0.144 e. The SMILES string of the molecule is CCCCCCc1csc(C2=c3c4cccc5c4c(c4cccc(c34)C2)=C(c2cc(CCCCCC)cs2)C5)c1. The van der Waals surface area contributed by atoms with Gasteiger partial charge in [0.25, 0.3) is 0 Å². The molecule has 40 heavy (non-hydrogen) atoms. The smallest absolute Gasteiger partial charge is 0.0314 e. The molecule has 7 rings (SSSR count). The Morgan fingerprint density at radius 2 is 1.05 bits per heavy atom. The Morgan fingerprint density at radius 3 is 1.50 bits per heavy atom. The van der Waals surface area contributed by atoms with Crippen LogP contribution in [0.4, 0.5) is 0 Å². The van der Waals surface area contributed by atoms with Crippen molar-refractivity contribution in [2.75, 3.05) is 0 Å². The number of benzene rings is 3. The normalized spacial score (nSPS) is 13.9. The Morgan fingerprint density at radius 1 is 0.575 bits per heavy atom. The summed E-state index contributed by atoms with van der Waals surface area (Å²) in [7, 11) is 0. The maximum Gasteiger partial charge on any atom is 0.0314 e. The lowest BCUT2D eigenvalue weighted by atomic mass is 9.96. The number of unbranched alkanes of at least 4 members (excludes halogenated alkanes) is 6. The third-order valence-electron chi connectivity index (χ3n) is 9.22. The topological polar surface area (TPSA) is 0 Å². The minimum atomic E-state index is 1.06. The monoisotopic (exact) mass is 560 g/mol. The highest BCUT2D eigenvalue weighted by atomic mass is 32.1. The highest BCUT2D eigenvalue weighted by Gasteiger charge is 2.26. The molecule has 0 spiro atoms. The Balaban J connectivity index is 1.37. The van der Waals surface area contributed by atoms with Gasteiger partial charge < -0.3 is 0 Å². The van der Waals surface area contributed by atoms with Gasteiger partial charge in [0.05, 0.1) is 0 Å². The van der Waals surface area contributed by atoms with Gasteiger partial charge in [0.1, 0.15) is 0 Å². The van der Waals surface area contributed by atoms with Gasteiger partial charge in [0.2, 0.25) is 0 Å². The van der Waals surface area contributed by atoms with Crippen LogP contribution in [0, 0.1) is 0 Å². The summed E-state index contributed by atoms with van der Waals surface area (Å²) in [5.74, 6) is 0. The van der Waals surface area contributed by atoms with Crippen molar-refractivity contribution in [3.05, 3.63) is 102 Å². The molecule has 0 N–H and O–H groups in total. The van der Waals surface area contributed by atoms with Crippen LogP contribution in [0.1, 0.15) is 97.2 Å². The fourth-order valence-corrected chi connectivity index (χ4v) is 9.22. The first-order valence-electron chi connectivity index (χ1n) is 15.6. The summed E-state index contributed by atoms with van der Waals surface area (Å²) in [5, 5.41) is 13.9. The predicted octanol–water partition coefficient (Wildman–Crippen LogP) is 9.87. The fraction of sp³-hybridized carbons (Fsp3) is 0.368. The Labute approximate surface area is 247 Å². The number of fused-ring (bicyclic) bond motifs is 2. The largest absolute Gasteiger partial charge is 0.144 e. The third-order valence-corrected chi connectivity index (χ3v) is 11.3. The fourth-order valence-electron chi connectivity index (χ4n) is 7.22. The predicted molar refractivity (Wildman–Crippen MR) is 177 cm³/mol. The van der Waals surface area contributed by atoms with Crippen molar-refractivity contribution >= 4 is 55.4 Å². The summed E-state index contributed by atoms with van der Waals surface area (Å²) in [6.07, 6.45) is 15.2. The first kappa shape index (κ1) is 26.2. The summed E-state index contributed by atoms with van der Waals surface area (Å²) in [6.45, 7) is 4.59. The highest BCUT2D eigenvalue weighted by molar-refractivity contribution is 7.11. The molecule has 2 heteroatoms. The summed E-state index contributed by atoms with van der Waals surface area (Å²) in [6, 6.07) is 19.2. The molecule has 2 aliphatic carbocycles. The van der Waals surface area contributed by atoms with Crippen molar-refractivity contribution in [3.63, 3.8) is 0 Å². The quantitative estimate of drug-likeness (QED) is 0.105. The summed E-state index contributed by atoms with van der Waals surface area (Å²) in [5.41, 5.74) is 9.19. The molecule has 0 bridgehead atoms. The van der Waals surface area contributed by atoms with E-state index in [0.717, 1.165) is 12.8 Å². The van der Waals surface area contributed by atoms with Crippen LogP contribution < -0.4 is 10.4 Å². The second-order valence-electron chi connectivity index (χ2n) is 12.0. The van der Waals surface area contributed by atoms with Crippen molar-refractivity contribution in [1.82, 2.24) is 0 Å². The molecule has 0 amide bonds. The van der Waals surface area contributed by atoms with E-state index >= 15 is 0 Å².